The Bertz CT molecular complexity index is 802. The van der Waals surface area contributed by atoms with Gasteiger partial charge >= 0.3 is 0 Å². The summed E-state index contributed by atoms with van der Waals surface area (Å²) in [6.07, 6.45) is 0. The second-order valence-electron chi connectivity index (χ2n) is 6.95. The molecule has 2 aromatic heterocycles. The summed E-state index contributed by atoms with van der Waals surface area (Å²) in [5, 5.41) is 4.67. The lowest BCUT2D eigenvalue weighted by Gasteiger charge is -2.26. The van der Waals surface area contributed by atoms with Gasteiger partial charge in [0.2, 0.25) is 0 Å². The molecule has 24 heavy (non-hydrogen) atoms. The lowest BCUT2D eigenvalue weighted by atomic mass is 9.82. The van der Waals surface area contributed by atoms with Gasteiger partial charge in [-0.1, -0.05) is 5.16 Å². The van der Waals surface area contributed by atoms with Crippen LogP contribution in [0.15, 0.2) is 10.6 Å². The van der Waals surface area contributed by atoms with Gasteiger partial charge in [-0.3, -0.25) is 4.79 Å². The van der Waals surface area contributed by atoms with Gasteiger partial charge in [0.1, 0.15) is 0 Å². The molecule has 0 radical (unpaired) electrons. The summed E-state index contributed by atoms with van der Waals surface area (Å²) in [5.41, 5.74) is 2.39. The maximum Gasteiger partial charge on any atom is 0.258 e. The number of hydrogen-bond donors (Lipinski definition) is 0. The molecule has 2 aromatic rings. The van der Waals surface area contributed by atoms with Crippen LogP contribution in [0.4, 0.5) is 0 Å². The fourth-order valence-corrected chi connectivity index (χ4v) is 4.03. The molecule has 0 unspecified atom stereocenters. The Morgan fingerprint density at radius 3 is 3.12 bits per heavy atom. The van der Waals surface area contributed by atoms with Gasteiger partial charge in [0, 0.05) is 37.2 Å². The zero-order valence-electron chi connectivity index (χ0n) is 14.2. The van der Waals surface area contributed by atoms with E-state index in [9.17, 15) is 4.79 Å². The van der Waals surface area contributed by atoms with E-state index in [1.807, 2.05) is 24.8 Å². The summed E-state index contributed by atoms with van der Waals surface area (Å²) in [7, 11) is 1.70. The standard InChI is InChI=1S/C17H21N3O4/c1-10-4-13(14-11(2)19-24-15(14)18-10)16(21)20-5-12-6-23-9-17(12,7-20)8-22-3/h4,12H,5-9H2,1-3H3/t12-,17-/m0/s1. The highest BCUT2D eigenvalue weighted by Crippen LogP contribution is 2.42. The average Bonchev–Trinajstić information content (AvgIpc) is 3.19. The Balaban J connectivity index is 1.69. The van der Waals surface area contributed by atoms with Gasteiger partial charge in [0.15, 0.2) is 0 Å². The third-order valence-corrected chi connectivity index (χ3v) is 5.22. The van der Waals surface area contributed by atoms with Crippen LogP contribution in [-0.2, 0) is 9.47 Å². The van der Waals surface area contributed by atoms with Crippen molar-refractivity contribution in [2.75, 3.05) is 40.0 Å². The molecule has 7 nitrogen and oxygen atoms in total. The molecule has 2 aliphatic heterocycles. The van der Waals surface area contributed by atoms with Gasteiger partial charge in [-0.25, -0.2) is 4.98 Å². The van der Waals surface area contributed by atoms with Crippen molar-refractivity contribution in [3.8, 4) is 0 Å². The zero-order valence-corrected chi connectivity index (χ0v) is 14.2. The molecule has 4 heterocycles. The van der Waals surface area contributed by atoms with Crippen molar-refractivity contribution in [3.05, 3.63) is 23.0 Å². The number of aryl methyl sites for hydroxylation is 2. The minimum atomic E-state index is -0.0880. The highest BCUT2D eigenvalue weighted by atomic mass is 16.5. The molecule has 2 saturated heterocycles. The topological polar surface area (TPSA) is 77.7 Å². The number of fused-ring (bicyclic) bond motifs is 2. The maximum atomic E-state index is 13.2. The molecule has 0 aromatic carbocycles. The molecule has 0 aliphatic carbocycles. The number of nitrogens with zero attached hydrogens (tertiary/aromatic N) is 3. The molecule has 4 rings (SSSR count). The number of carbonyl (C=O) groups excluding carboxylic acids is 1. The summed E-state index contributed by atoms with van der Waals surface area (Å²) in [5.74, 6) is 0.324. The average molecular weight is 331 g/mol. The monoisotopic (exact) mass is 331 g/mol. The van der Waals surface area contributed by atoms with E-state index in [4.69, 9.17) is 14.0 Å². The highest BCUT2D eigenvalue weighted by molar-refractivity contribution is 6.06. The van der Waals surface area contributed by atoms with Crippen molar-refractivity contribution >= 4 is 17.0 Å². The maximum absolute atomic E-state index is 13.2. The molecular formula is C17H21N3O4. The number of aromatic nitrogens is 2. The SMILES string of the molecule is COC[C@@]12COC[C@@H]1CN(C(=O)c1cc(C)nc3onc(C)c13)C2. The first kappa shape index (κ1) is 15.5. The number of likely N-dealkylation sites (tertiary alicyclic amines) is 1. The minimum Gasteiger partial charge on any atom is -0.384 e. The Kier molecular flexibility index (Phi) is 3.58. The molecular weight excluding hydrogens is 310 g/mol. The first-order valence-corrected chi connectivity index (χ1v) is 8.14. The van der Waals surface area contributed by atoms with Gasteiger partial charge in [-0.2, -0.15) is 0 Å². The van der Waals surface area contributed by atoms with Gasteiger partial charge in [-0.15, -0.1) is 0 Å². The fraction of sp³-hybridized carbons (Fsp3) is 0.588. The van der Waals surface area contributed by atoms with E-state index < -0.39 is 0 Å². The van der Waals surface area contributed by atoms with E-state index in [0.717, 1.165) is 5.69 Å². The van der Waals surface area contributed by atoms with E-state index in [1.54, 1.807) is 7.11 Å². The summed E-state index contributed by atoms with van der Waals surface area (Å²) in [4.78, 5) is 19.4. The van der Waals surface area contributed by atoms with Gasteiger partial charge < -0.3 is 18.9 Å². The molecule has 7 heteroatoms. The number of carbonyl (C=O) groups is 1. The summed E-state index contributed by atoms with van der Waals surface area (Å²) < 4.78 is 16.3. The largest absolute Gasteiger partial charge is 0.384 e. The van der Waals surface area contributed by atoms with E-state index in [1.165, 1.54) is 0 Å². The van der Waals surface area contributed by atoms with Crippen molar-refractivity contribution in [2.45, 2.75) is 13.8 Å². The number of rotatable bonds is 3. The zero-order chi connectivity index (χ0) is 16.9. The summed E-state index contributed by atoms with van der Waals surface area (Å²) in [6.45, 7) is 6.97. The molecule has 1 amide bonds. The smallest absolute Gasteiger partial charge is 0.258 e. The van der Waals surface area contributed by atoms with Gasteiger partial charge in [0.25, 0.3) is 11.6 Å². The number of ether oxygens (including phenoxy) is 2. The van der Waals surface area contributed by atoms with Crippen LogP contribution in [0, 0.1) is 25.2 Å². The molecule has 128 valence electrons. The molecule has 2 atom stereocenters. The van der Waals surface area contributed by atoms with Crippen LogP contribution >= 0.6 is 0 Å². The van der Waals surface area contributed by atoms with Gasteiger partial charge in [-0.05, 0) is 19.9 Å². The van der Waals surface area contributed by atoms with E-state index in [-0.39, 0.29) is 11.3 Å². The van der Waals surface area contributed by atoms with Crippen LogP contribution in [0.1, 0.15) is 21.7 Å². The van der Waals surface area contributed by atoms with Crippen LogP contribution < -0.4 is 0 Å². The Labute approximate surface area is 139 Å². The quantitative estimate of drug-likeness (QED) is 0.850. The van der Waals surface area contributed by atoms with Crippen LogP contribution in [0.25, 0.3) is 11.1 Å². The van der Waals surface area contributed by atoms with Gasteiger partial charge in [0.05, 0.1) is 36.5 Å². The van der Waals surface area contributed by atoms with Crippen LogP contribution in [0.5, 0.6) is 0 Å². The molecule has 0 bridgehead atoms. The molecule has 2 aliphatic rings. The predicted molar refractivity (Wildman–Crippen MR) is 85.8 cm³/mol. The molecule has 2 fully saturated rings. The Morgan fingerprint density at radius 2 is 2.33 bits per heavy atom. The van der Waals surface area contributed by atoms with Crippen LogP contribution in [0.3, 0.4) is 0 Å². The van der Waals surface area contributed by atoms with Crippen molar-refractivity contribution in [2.24, 2.45) is 11.3 Å². The summed E-state index contributed by atoms with van der Waals surface area (Å²) >= 11 is 0. The van der Waals surface area contributed by atoms with Crippen LogP contribution in [0.2, 0.25) is 0 Å². The third kappa shape index (κ3) is 2.22. The number of hydrogen-bond acceptors (Lipinski definition) is 6. The third-order valence-electron chi connectivity index (χ3n) is 5.22. The van der Waals surface area contributed by atoms with E-state index in [0.29, 0.717) is 61.2 Å². The fourth-order valence-electron chi connectivity index (χ4n) is 4.03. The first-order valence-electron chi connectivity index (χ1n) is 8.14. The number of pyridine rings is 1. The van der Waals surface area contributed by atoms with Crippen molar-refractivity contribution in [1.82, 2.24) is 15.0 Å². The lowest BCUT2D eigenvalue weighted by Crippen LogP contribution is -2.37. The summed E-state index contributed by atoms with van der Waals surface area (Å²) in [6, 6.07) is 1.82. The van der Waals surface area contributed by atoms with E-state index >= 15 is 0 Å². The normalized spacial score (nSPS) is 26.3. The Morgan fingerprint density at radius 1 is 1.50 bits per heavy atom. The number of methoxy groups -OCH3 is 1. The highest BCUT2D eigenvalue weighted by Gasteiger charge is 2.52. The molecule has 0 N–H and O–H groups in total. The minimum absolute atomic E-state index is 0.00155. The van der Waals surface area contributed by atoms with Crippen LogP contribution in [-0.4, -0.2) is 61.0 Å². The molecule has 0 saturated carbocycles. The predicted octanol–water partition coefficient (Wildman–Crippen LogP) is 1.57. The van der Waals surface area contributed by atoms with E-state index in [2.05, 4.69) is 10.1 Å². The van der Waals surface area contributed by atoms with Crippen molar-refractivity contribution in [1.29, 1.82) is 0 Å². The second kappa shape index (κ2) is 5.53. The second-order valence-corrected chi connectivity index (χ2v) is 6.95. The Hall–Kier alpha value is -1.99. The molecule has 0 spiro atoms. The van der Waals surface area contributed by atoms with Crippen molar-refractivity contribution in [3.63, 3.8) is 0 Å². The number of amides is 1. The first-order chi connectivity index (χ1) is 11.5. The van der Waals surface area contributed by atoms with Crippen molar-refractivity contribution < 1.29 is 18.8 Å². The lowest BCUT2D eigenvalue weighted by molar-refractivity contribution is 0.0489.